The predicted molar refractivity (Wildman–Crippen MR) is 77.7 cm³/mol. The van der Waals surface area contributed by atoms with Crippen molar-refractivity contribution in [1.82, 2.24) is 4.72 Å². The highest BCUT2D eigenvalue weighted by molar-refractivity contribution is 9.09. The summed E-state index contributed by atoms with van der Waals surface area (Å²) < 4.78 is 62.9. The van der Waals surface area contributed by atoms with Gasteiger partial charge in [-0.2, -0.15) is 0 Å². The second-order valence-electron chi connectivity index (χ2n) is 4.36. The summed E-state index contributed by atoms with van der Waals surface area (Å²) >= 11 is 3.18. The number of nitrogens with one attached hydrogen (secondary N) is 1. The Morgan fingerprint density at radius 2 is 1.90 bits per heavy atom. The maximum absolute atomic E-state index is 13.7. The van der Waals surface area contributed by atoms with Crippen LogP contribution in [0.3, 0.4) is 0 Å². The Labute approximate surface area is 126 Å². The Morgan fingerprint density at radius 1 is 1.30 bits per heavy atom. The van der Waals surface area contributed by atoms with E-state index < -0.39 is 36.6 Å². The lowest BCUT2D eigenvalue weighted by Gasteiger charge is -2.14. The second-order valence-corrected chi connectivity index (χ2v) is 8.86. The zero-order valence-electron chi connectivity index (χ0n) is 10.9. The second kappa shape index (κ2) is 6.50. The third-order valence-electron chi connectivity index (χ3n) is 2.52. The van der Waals surface area contributed by atoms with Crippen LogP contribution in [-0.4, -0.2) is 34.5 Å². The van der Waals surface area contributed by atoms with Gasteiger partial charge >= 0.3 is 0 Å². The fourth-order valence-electron chi connectivity index (χ4n) is 1.47. The minimum Gasteiger partial charge on any atom is -0.224 e. The molecule has 114 valence electrons. The summed E-state index contributed by atoms with van der Waals surface area (Å²) in [5.74, 6) is -0.990. The molecule has 1 aromatic rings. The topological polar surface area (TPSA) is 80.3 Å². The molecule has 0 radical (unpaired) electrons. The van der Waals surface area contributed by atoms with Gasteiger partial charge in [0.2, 0.25) is 10.0 Å². The van der Waals surface area contributed by atoms with Crippen LogP contribution in [0.15, 0.2) is 28.0 Å². The molecule has 1 rings (SSSR count). The van der Waals surface area contributed by atoms with Crippen molar-refractivity contribution in [3.8, 4) is 0 Å². The molecule has 20 heavy (non-hydrogen) atoms. The van der Waals surface area contributed by atoms with Gasteiger partial charge in [0, 0.05) is 17.6 Å². The number of benzene rings is 1. The van der Waals surface area contributed by atoms with Crippen molar-refractivity contribution in [3.05, 3.63) is 24.0 Å². The molecule has 0 saturated carbocycles. The molecule has 0 saturated heterocycles. The minimum absolute atomic E-state index is 0.243. The smallest absolute Gasteiger partial charge is 0.224 e. The first-order valence-electron chi connectivity index (χ1n) is 5.66. The number of sulfonamides is 1. The van der Waals surface area contributed by atoms with E-state index in [0.29, 0.717) is 11.8 Å². The summed E-state index contributed by atoms with van der Waals surface area (Å²) in [6.07, 6.45) is 1.45. The highest BCUT2D eigenvalue weighted by Gasteiger charge is 2.23. The number of sulfone groups is 1. The maximum Gasteiger partial charge on any atom is 0.243 e. The van der Waals surface area contributed by atoms with E-state index in [9.17, 15) is 21.2 Å². The number of rotatable bonds is 6. The molecule has 5 nitrogen and oxygen atoms in total. The molecule has 0 aliphatic heterocycles. The van der Waals surface area contributed by atoms with Crippen LogP contribution in [0.2, 0.25) is 0 Å². The molecule has 0 fully saturated rings. The molecule has 1 N–H and O–H groups in total. The van der Waals surface area contributed by atoms with E-state index >= 15 is 0 Å². The van der Waals surface area contributed by atoms with Gasteiger partial charge in [-0.15, -0.1) is 0 Å². The van der Waals surface area contributed by atoms with E-state index in [-0.39, 0.29) is 4.90 Å². The number of halogens is 2. The highest BCUT2D eigenvalue weighted by atomic mass is 79.9. The van der Waals surface area contributed by atoms with Crippen molar-refractivity contribution in [2.24, 2.45) is 0 Å². The average Bonchev–Trinajstić information content (AvgIpc) is 2.26. The van der Waals surface area contributed by atoms with Crippen LogP contribution in [0.5, 0.6) is 0 Å². The molecule has 0 bridgehead atoms. The first-order valence-corrected chi connectivity index (χ1v) is 10.2. The standard InChI is InChI=1S/C11H15BrFNO4S2/c1-8(5-6-12)14-20(17,18)11-7-9(19(2,15)16)3-4-10(11)13/h3-4,7-8,14H,5-6H2,1-2H3. The number of alkyl halides is 1. The van der Waals surface area contributed by atoms with Crippen LogP contribution in [0.1, 0.15) is 13.3 Å². The van der Waals surface area contributed by atoms with Crippen molar-refractivity contribution < 1.29 is 21.2 Å². The van der Waals surface area contributed by atoms with E-state index in [1.807, 2.05) is 0 Å². The van der Waals surface area contributed by atoms with Crippen LogP contribution < -0.4 is 4.72 Å². The summed E-state index contributed by atoms with van der Waals surface area (Å²) in [6.45, 7) is 1.64. The third-order valence-corrected chi connectivity index (χ3v) is 5.69. The van der Waals surface area contributed by atoms with Gasteiger partial charge < -0.3 is 0 Å². The van der Waals surface area contributed by atoms with Crippen molar-refractivity contribution in [2.45, 2.75) is 29.2 Å². The van der Waals surface area contributed by atoms with Gasteiger partial charge in [-0.05, 0) is 31.5 Å². The zero-order valence-corrected chi connectivity index (χ0v) is 14.1. The Hall–Kier alpha value is -0.510. The summed E-state index contributed by atoms with van der Waals surface area (Å²) in [7, 11) is -7.71. The third kappa shape index (κ3) is 4.51. The average molecular weight is 388 g/mol. The van der Waals surface area contributed by atoms with Crippen molar-refractivity contribution >= 4 is 35.8 Å². The van der Waals surface area contributed by atoms with Gasteiger partial charge in [-0.25, -0.2) is 25.9 Å². The molecule has 1 aromatic carbocycles. The lowest BCUT2D eigenvalue weighted by molar-refractivity contribution is 0.539. The molecule has 1 unspecified atom stereocenters. The van der Waals surface area contributed by atoms with Gasteiger partial charge in [0.1, 0.15) is 10.7 Å². The Morgan fingerprint density at radius 3 is 2.40 bits per heavy atom. The fourth-order valence-corrected chi connectivity index (χ4v) is 4.26. The molecule has 0 heterocycles. The van der Waals surface area contributed by atoms with E-state index in [1.165, 1.54) is 0 Å². The summed E-state index contributed by atoms with van der Waals surface area (Å²) in [5.41, 5.74) is 0. The van der Waals surface area contributed by atoms with Gasteiger partial charge in [0.25, 0.3) is 0 Å². The lowest BCUT2D eigenvalue weighted by Crippen LogP contribution is -2.33. The minimum atomic E-state index is -4.11. The summed E-state index contributed by atoms with van der Waals surface area (Å²) in [5, 5.41) is 0.586. The largest absolute Gasteiger partial charge is 0.243 e. The van der Waals surface area contributed by atoms with E-state index in [0.717, 1.165) is 24.5 Å². The normalized spacial score (nSPS) is 14.2. The maximum atomic E-state index is 13.7. The molecule has 9 heteroatoms. The molecule has 0 aliphatic rings. The van der Waals surface area contributed by atoms with E-state index in [2.05, 4.69) is 20.7 Å². The zero-order chi connectivity index (χ0) is 15.6. The first kappa shape index (κ1) is 17.5. The van der Waals surface area contributed by atoms with Crippen LogP contribution in [0, 0.1) is 5.82 Å². The molecular weight excluding hydrogens is 373 g/mol. The van der Waals surface area contributed by atoms with Gasteiger partial charge in [0.05, 0.1) is 4.90 Å². The molecule has 0 aromatic heterocycles. The van der Waals surface area contributed by atoms with Crippen LogP contribution in [-0.2, 0) is 19.9 Å². The Balaban J connectivity index is 3.24. The van der Waals surface area contributed by atoms with Gasteiger partial charge in [-0.1, -0.05) is 15.9 Å². The van der Waals surface area contributed by atoms with Crippen LogP contribution in [0.4, 0.5) is 4.39 Å². The molecular formula is C11H15BrFNO4S2. The van der Waals surface area contributed by atoms with E-state index in [4.69, 9.17) is 0 Å². The highest BCUT2D eigenvalue weighted by Crippen LogP contribution is 2.20. The summed E-state index contributed by atoms with van der Waals surface area (Å²) in [6, 6.07) is 2.29. The SMILES string of the molecule is CC(CCBr)NS(=O)(=O)c1cc(S(C)(=O)=O)ccc1F. The number of hydrogen-bond acceptors (Lipinski definition) is 4. The molecule has 0 amide bonds. The quantitative estimate of drug-likeness (QED) is 0.594. The lowest BCUT2D eigenvalue weighted by atomic mass is 10.3. The van der Waals surface area contributed by atoms with E-state index in [1.54, 1.807) is 6.92 Å². The summed E-state index contributed by atoms with van der Waals surface area (Å²) in [4.78, 5) is -0.908. The monoisotopic (exact) mass is 387 g/mol. The molecule has 0 aliphatic carbocycles. The van der Waals surface area contributed by atoms with Crippen molar-refractivity contribution in [2.75, 3.05) is 11.6 Å². The van der Waals surface area contributed by atoms with Gasteiger partial charge in [0.15, 0.2) is 9.84 Å². The predicted octanol–water partition coefficient (Wildman–Crippen LogP) is 1.68. The van der Waals surface area contributed by atoms with Crippen molar-refractivity contribution in [1.29, 1.82) is 0 Å². The van der Waals surface area contributed by atoms with Crippen LogP contribution >= 0.6 is 15.9 Å². The Kier molecular flexibility index (Phi) is 5.70. The van der Waals surface area contributed by atoms with Gasteiger partial charge in [-0.3, -0.25) is 0 Å². The molecule has 0 spiro atoms. The van der Waals surface area contributed by atoms with Crippen LogP contribution in [0.25, 0.3) is 0 Å². The Bertz CT molecular complexity index is 688. The first-order chi connectivity index (χ1) is 9.08. The van der Waals surface area contributed by atoms with Crippen molar-refractivity contribution in [3.63, 3.8) is 0 Å². The number of hydrogen-bond donors (Lipinski definition) is 1. The molecule has 1 atom stereocenters. The fraction of sp³-hybridized carbons (Fsp3) is 0.455.